The molecule has 1 aromatic carbocycles. The van der Waals surface area contributed by atoms with Crippen LogP contribution in [0.5, 0.6) is 11.5 Å². The van der Waals surface area contributed by atoms with Crippen LogP contribution in [0.3, 0.4) is 0 Å². The Morgan fingerprint density at radius 2 is 1.90 bits per heavy atom. The standard InChI is InChI=1S/C15H23NO3S/c1-15(2,17-3)10-16-9-11-7-12-13(8-14(11)20-4)19-6-5-18-12/h7-8,16H,5-6,9-10H2,1-4H3. The van der Waals surface area contributed by atoms with E-state index in [0.717, 1.165) is 24.6 Å². The molecule has 0 saturated carbocycles. The zero-order valence-corrected chi connectivity index (χ0v) is 13.4. The molecule has 0 aliphatic carbocycles. The maximum absolute atomic E-state index is 5.65. The normalized spacial score (nSPS) is 14.4. The number of benzene rings is 1. The van der Waals surface area contributed by atoms with E-state index in [-0.39, 0.29) is 5.60 Å². The smallest absolute Gasteiger partial charge is 0.162 e. The van der Waals surface area contributed by atoms with Crippen LogP contribution in [-0.2, 0) is 11.3 Å². The van der Waals surface area contributed by atoms with Crippen LogP contribution in [0.2, 0.25) is 0 Å². The van der Waals surface area contributed by atoms with E-state index >= 15 is 0 Å². The van der Waals surface area contributed by atoms with Gasteiger partial charge in [-0.3, -0.25) is 0 Å². The molecular formula is C15H23NO3S. The number of rotatable bonds is 6. The van der Waals surface area contributed by atoms with Crippen LogP contribution in [-0.4, -0.2) is 38.7 Å². The molecule has 0 fully saturated rings. The summed E-state index contributed by atoms with van der Waals surface area (Å²) in [5.41, 5.74) is 1.07. The van der Waals surface area contributed by atoms with Crippen molar-refractivity contribution in [1.82, 2.24) is 5.32 Å². The van der Waals surface area contributed by atoms with Crippen LogP contribution in [0, 0.1) is 0 Å². The summed E-state index contributed by atoms with van der Waals surface area (Å²) in [4.78, 5) is 1.22. The van der Waals surface area contributed by atoms with E-state index in [1.54, 1.807) is 18.9 Å². The largest absolute Gasteiger partial charge is 0.486 e. The summed E-state index contributed by atoms with van der Waals surface area (Å²) in [7, 11) is 1.74. The van der Waals surface area contributed by atoms with E-state index in [9.17, 15) is 0 Å². The Morgan fingerprint density at radius 1 is 1.25 bits per heavy atom. The van der Waals surface area contributed by atoms with Crippen molar-refractivity contribution in [2.24, 2.45) is 0 Å². The molecule has 1 heterocycles. The highest BCUT2D eigenvalue weighted by molar-refractivity contribution is 7.98. The van der Waals surface area contributed by atoms with Gasteiger partial charge in [0.05, 0.1) is 5.60 Å². The molecule has 4 nitrogen and oxygen atoms in total. The summed E-state index contributed by atoms with van der Waals surface area (Å²) >= 11 is 1.73. The highest BCUT2D eigenvalue weighted by Crippen LogP contribution is 2.36. The molecule has 0 aromatic heterocycles. The molecule has 5 heteroatoms. The Kier molecular flexibility index (Phi) is 5.18. The third-order valence-corrected chi connectivity index (χ3v) is 4.18. The summed E-state index contributed by atoms with van der Waals surface area (Å²) in [6.07, 6.45) is 2.08. The van der Waals surface area contributed by atoms with Crippen LogP contribution in [0.4, 0.5) is 0 Å². The zero-order valence-electron chi connectivity index (χ0n) is 12.6. The average Bonchev–Trinajstić information content (AvgIpc) is 2.46. The first-order valence-electron chi connectivity index (χ1n) is 6.78. The molecule has 0 bridgehead atoms. The van der Waals surface area contributed by atoms with Crippen molar-refractivity contribution in [2.75, 3.05) is 33.1 Å². The predicted octanol–water partition coefficient (Wildman–Crippen LogP) is 2.69. The van der Waals surface area contributed by atoms with E-state index in [1.165, 1.54) is 10.5 Å². The van der Waals surface area contributed by atoms with Gasteiger partial charge in [-0.15, -0.1) is 11.8 Å². The summed E-state index contributed by atoms with van der Waals surface area (Å²) < 4.78 is 16.7. The lowest BCUT2D eigenvalue weighted by molar-refractivity contribution is 0.0230. The molecular weight excluding hydrogens is 274 g/mol. The van der Waals surface area contributed by atoms with E-state index < -0.39 is 0 Å². The van der Waals surface area contributed by atoms with Gasteiger partial charge in [-0.2, -0.15) is 0 Å². The number of hydrogen-bond donors (Lipinski definition) is 1. The molecule has 1 N–H and O–H groups in total. The van der Waals surface area contributed by atoms with Crippen LogP contribution in [0.1, 0.15) is 19.4 Å². The van der Waals surface area contributed by atoms with Gasteiger partial charge in [0.25, 0.3) is 0 Å². The van der Waals surface area contributed by atoms with E-state index in [1.807, 2.05) is 0 Å². The molecule has 0 radical (unpaired) electrons. The van der Waals surface area contributed by atoms with Crippen LogP contribution < -0.4 is 14.8 Å². The number of hydrogen-bond acceptors (Lipinski definition) is 5. The molecule has 1 aliphatic heterocycles. The lowest BCUT2D eigenvalue weighted by atomic mass is 10.1. The van der Waals surface area contributed by atoms with Gasteiger partial charge in [0, 0.05) is 25.1 Å². The maximum Gasteiger partial charge on any atom is 0.162 e. The fourth-order valence-electron chi connectivity index (χ4n) is 2.01. The van der Waals surface area contributed by atoms with Crippen LogP contribution in [0.15, 0.2) is 17.0 Å². The fourth-order valence-corrected chi connectivity index (χ4v) is 2.63. The van der Waals surface area contributed by atoms with Crippen molar-refractivity contribution >= 4 is 11.8 Å². The van der Waals surface area contributed by atoms with Gasteiger partial charge in [-0.05, 0) is 37.8 Å². The fraction of sp³-hybridized carbons (Fsp3) is 0.600. The molecule has 112 valence electrons. The van der Waals surface area contributed by atoms with Gasteiger partial charge in [0.1, 0.15) is 13.2 Å². The Bertz CT molecular complexity index is 463. The SMILES string of the molecule is COC(C)(C)CNCc1cc2c(cc1SC)OCCO2. The number of nitrogens with one attached hydrogen (secondary N) is 1. The van der Waals surface area contributed by atoms with Crippen LogP contribution >= 0.6 is 11.8 Å². The second kappa shape index (κ2) is 6.70. The van der Waals surface area contributed by atoms with Crippen molar-refractivity contribution < 1.29 is 14.2 Å². The van der Waals surface area contributed by atoms with Gasteiger partial charge in [0.2, 0.25) is 0 Å². The van der Waals surface area contributed by atoms with E-state index in [4.69, 9.17) is 14.2 Å². The maximum atomic E-state index is 5.65. The first-order valence-corrected chi connectivity index (χ1v) is 8.00. The molecule has 0 unspecified atom stereocenters. The Labute approximate surface area is 125 Å². The highest BCUT2D eigenvalue weighted by atomic mass is 32.2. The van der Waals surface area contributed by atoms with Gasteiger partial charge >= 0.3 is 0 Å². The Hall–Kier alpha value is -0.910. The molecule has 0 saturated heterocycles. The van der Waals surface area contributed by atoms with Gasteiger partial charge in [0.15, 0.2) is 11.5 Å². The molecule has 0 atom stereocenters. The van der Waals surface area contributed by atoms with Gasteiger partial charge in [-0.1, -0.05) is 0 Å². The van der Waals surface area contributed by atoms with Crippen molar-refractivity contribution in [3.8, 4) is 11.5 Å². The lowest BCUT2D eigenvalue weighted by Crippen LogP contribution is -2.36. The number of ether oxygens (including phenoxy) is 3. The summed E-state index contributed by atoms with van der Waals surface area (Å²) in [5.74, 6) is 1.69. The van der Waals surface area contributed by atoms with Gasteiger partial charge in [-0.25, -0.2) is 0 Å². The summed E-state index contributed by atoms with van der Waals surface area (Å²) in [5, 5.41) is 3.44. The molecule has 0 amide bonds. The number of methoxy groups -OCH3 is 1. The third kappa shape index (κ3) is 3.81. The van der Waals surface area contributed by atoms with Crippen LogP contribution in [0.25, 0.3) is 0 Å². The minimum atomic E-state index is -0.159. The first-order chi connectivity index (χ1) is 9.55. The monoisotopic (exact) mass is 297 g/mol. The Balaban J connectivity index is 2.06. The lowest BCUT2D eigenvalue weighted by Gasteiger charge is -2.24. The Morgan fingerprint density at radius 3 is 2.50 bits per heavy atom. The minimum absolute atomic E-state index is 0.159. The minimum Gasteiger partial charge on any atom is -0.486 e. The third-order valence-electron chi connectivity index (χ3n) is 3.36. The predicted molar refractivity (Wildman–Crippen MR) is 82.0 cm³/mol. The summed E-state index contributed by atoms with van der Waals surface area (Å²) in [6, 6.07) is 4.14. The summed E-state index contributed by atoms with van der Waals surface area (Å²) in [6.45, 7) is 6.97. The topological polar surface area (TPSA) is 39.7 Å². The quantitative estimate of drug-likeness (QED) is 0.818. The van der Waals surface area contributed by atoms with Crippen molar-refractivity contribution in [3.05, 3.63) is 17.7 Å². The second-order valence-electron chi connectivity index (χ2n) is 5.38. The molecule has 20 heavy (non-hydrogen) atoms. The van der Waals surface area contributed by atoms with Crippen molar-refractivity contribution in [3.63, 3.8) is 0 Å². The number of thioether (sulfide) groups is 1. The number of fused-ring (bicyclic) bond motifs is 1. The highest BCUT2D eigenvalue weighted by Gasteiger charge is 2.18. The van der Waals surface area contributed by atoms with E-state index in [2.05, 4.69) is 37.6 Å². The van der Waals surface area contributed by atoms with Gasteiger partial charge < -0.3 is 19.5 Å². The zero-order chi connectivity index (χ0) is 14.6. The molecule has 1 aromatic rings. The van der Waals surface area contributed by atoms with Crippen molar-refractivity contribution in [2.45, 2.75) is 30.9 Å². The first kappa shape index (κ1) is 15.5. The second-order valence-corrected chi connectivity index (χ2v) is 6.22. The molecule has 2 rings (SSSR count). The molecule has 1 aliphatic rings. The average molecular weight is 297 g/mol. The van der Waals surface area contributed by atoms with E-state index in [0.29, 0.717) is 13.2 Å². The van der Waals surface area contributed by atoms with Crippen molar-refractivity contribution in [1.29, 1.82) is 0 Å². The molecule has 0 spiro atoms.